The summed E-state index contributed by atoms with van der Waals surface area (Å²) in [6.07, 6.45) is -1.45. The molecule has 156 valence electrons. The van der Waals surface area contributed by atoms with Gasteiger partial charge in [-0.15, -0.1) is 0 Å². The number of aromatic nitrogens is 1. The maximum absolute atomic E-state index is 13.5. The smallest absolute Gasteiger partial charge is 0.449 e. The number of hydrogen-bond donors (Lipinski definition) is 3. The molecule has 13 heteroatoms. The van der Waals surface area contributed by atoms with Crippen LogP contribution in [-0.4, -0.2) is 38.0 Å². The summed E-state index contributed by atoms with van der Waals surface area (Å²) in [5, 5.41) is 16.9. The minimum Gasteiger partial charge on any atom is -0.449 e. The molecule has 1 aliphatic rings. The van der Waals surface area contributed by atoms with Crippen molar-refractivity contribution in [2.24, 2.45) is 0 Å². The minimum absolute atomic E-state index is 0.298. The molecule has 3 N–H and O–H groups in total. The molecule has 1 fully saturated rings. The van der Waals surface area contributed by atoms with Crippen LogP contribution >= 0.6 is 15.0 Å². The van der Waals surface area contributed by atoms with Gasteiger partial charge in [0.2, 0.25) is 18.7 Å². The molecule has 0 spiro atoms. The number of benzene rings is 1. The standard InChI is InChI=1S/C16H16FNO9P2/c1-28(22)16(21,8-10-3-2-6-18-9-10)29(23,24)27-14(26-28)12-5-4-11(17)7-13(12)25-15(19)20/h2-7,9,14,21H,8H2,1H3,(H,19,20)(H,23,24). The molecule has 3 rings (SSSR count). The first kappa shape index (κ1) is 21.6. The number of pyridine rings is 1. The van der Waals surface area contributed by atoms with Crippen molar-refractivity contribution >= 4 is 21.1 Å². The average molecular weight is 447 g/mol. The molecule has 1 aromatic heterocycles. The summed E-state index contributed by atoms with van der Waals surface area (Å²) in [4.78, 5) is 25.1. The Hall–Kier alpha value is -2.13. The van der Waals surface area contributed by atoms with Crippen molar-refractivity contribution < 1.29 is 47.2 Å². The molecular formula is C16H16FNO9P2. The molecule has 4 unspecified atom stereocenters. The van der Waals surface area contributed by atoms with Gasteiger partial charge < -0.3 is 19.8 Å². The van der Waals surface area contributed by atoms with Gasteiger partial charge in [-0.25, -0.2) is 9.18 Å². The molecule has 0 radical (unpaired) electrons. The van der Waals surface area contributed by atoms with E-state index in [4.69, 9.17) is 14.2 Å². The Labute approximate surface area is 163 Å². The molecule has 1 aromatic carbocycles. The highest BCUT2D eigenvalue weighted by Gasteiger charge is 2.65. The predicted molar refractivity (Wildman–Crippen MR) is 96.2 cm³/mol. The first-order valence-electron chi connectivity index (χ1n) is 8.04. The lowest BCUT2D eigenvalue weighted by molar-refractivity contribution is -0.0450. The van der Waals surface area contributed by atoms with Gasteiger partial charge in [0.15, 0.2) is 0 Å². The van der Waals surface area contributed by atoms with E-state index in [-0.39, 0.29) is 5.56 Å². The van der Waals surface area contributed by atoms with Gasteiger partial charge in [0.1, 0.15) is 11.6 Å². The fourth-order valence-corrected chi connectivity index (χ4v) is 7.06. The van der Waals surface area contributed by atoms with Gasteiger partial charge in [0.25, 0.3) is 0 Å². The Morgan fingerprint density at radius 2 is 2.07 bits per heavy atom. The third-order valence-corrected chi connectivity index (χ3v) is 9.67. The third-order valence-electron chi connectivity index (χ3n) is 4.23. The summed E-state index contributed by atoms with van der Waals surface area (Å²) in [5.41, 5.74) is 0.00209. The lowest BCUT2D eigenvalue weighted by atomic mass is 10.2. The summed E-state index contributed by atoms with van der Waals surface area (Å²) < 4.78 is 54.2. The highest BCUT2D eigenvalue weighted by Crippen LogP contribution is 2.79. The second-order valence-corrected chi connectivity index (χ2v) is 11.3. The molecule has 0 amide bonds. The molecule has 0 bridgehead atoms. The van der Waals surface area contributed by atoms with E-state index in [1.165, 1.54) is 24.5 Å². The first-order valence-corrected chi connectivity index (χ1v) is 11.7. The molecule has 29 heavy (non-hydrogen) atoms. The van der Waals surface area contributed by atoms with Crippen LogP contribution < -0.4 is 4.74 Å². The zero-order chi connectivity index (χ0) is 21.4. The second-order valence-electron chi connectivity index (χ2n) is 6.27. The van der Waals surface area contributed by atoms with Crippen LogP contribution in [0.3, 0.4) is 0 Å². The van der Waals surface area contributed by atoms with E-state index >= 15 is 0 Å². The number of aliphatic hydroxyl groups is 1. The van der Waals surface area contributed by atoms with Gasteiger partial charge in [-0.2, -0.15) is 0 Å². The first-order chi connectivity index (χ1) is 13.5. The highest BCUT2D eigenvalue weighted by atomic mass is 31.2. The molecule has 1 saturated heterocycles. The second kappa shape index (κ2) is 7.60. The zero-order valence-corrected chi connectivity index (χ0v) is 16.6. The summed E-state index contributed by atoms with van der Waals surface area (Å²) in [5.74, 6) is -1.44. The molecule has 0 aliphatic carbocycles. The topological polar surface area (TPSA) is 152 Å². The van der Waals surface area contributed by atoms with Crippen molar-refractivity contribution in [3.8, 4) is 5.75 Å². The Morgan fingerprint density at radius 1 is 1.34 bits per heavy atom. The number of rotatable bonds is 4. The van der Waals surface area contributed by atoms with Crippen LogP contribution in [0, 0.1) is 5.82 Å². The number of ether oxygens (including phenoxy) is 1. The SMILES string of the molecule is CP1(=O)OC(c2ccc(F)cc2OC(=O)O)OP(=O)(O)C1(O)Cc1cccnc1. The van der Waals surface area contributed by atoms with Crippen molar-refractivity contribution in [2.75, 3.05) is 6.66 Å². The van der Waals surface area contributed by atoms with Gasteiger partial charge in [-0.05, 0) is 23.8 Å². The zero-order valence-electron chi connectivity index (χ0n) is 14.8. The van der Waals surface area contributed by atoms with Crippen LogP contribution in [0.25, 0.3) is 0 Å². The molecule has 0 saturated carbocycles. The quantitative estimate of drug-likeness (QED) is 0.361. The maximum atomic E-state index is 13.5. The Bertz CT molecular complexity index is 1010. The maximum Gasteiger partial charge on any atom is 0.511 e. The molecule has 2 aromatic rings. The summed E-state index contributed by atoms with van der Waals surface area (Å²) >= 11 is 0. The van der Waals surface area contributed by atoms with Gasteiger partial charge in [-0.1, -0.05) is 6.07 Å². The summed E-state index contributed by atoms with van der Waals surface area (Å²) in [7, 11) is -9.33. The van der Waals surface area contributed by atoms with E-state index in [1.807, 2.05) is 0 Å². The van der Waals surface area contributed by atoms with E-state index in [2.05, 4.69) is 9.72 Å². The number of carboxylic acid groups (broad SMARTS) is 1. The van der Waals surface area contributed by atoms with Crippen LogP contribution in [0.5, 0.6) is 5.75 Å². The predicted octanol–water partition coefficient (Wildman–Crippen LogP) is 3.31. The Balaban J connectivity index is 2.00. The van der Waals surface area contributed by atoms with Crippen LogP contribution in [0.2, 0.25) is 0 Å². The van der Waals surface area contributed by atoms with Crippen molar-refractivity contribution in [1.82, 2.24) is 4.98 Å². The fourth-order valence-electron chi connectivity index (χ4n) is 2.75. The van der Waals surface area contributed by atoms with Crippen LogP contribution in [-0.2, 0) is 24.6 Å². The van der Waals surface area contributed by atoms with Crippen molar-refractivity contribution in [3.63, 3.8) is 0 Å². The van der Waals surface area contributed by atoms with Gasteiger partial charge >= 0.3 is 13.8 Å². The minimum atomic E-state index is -5.04. The van der Waals surface area contributed by atoms with Crippen LogP contribution in [0.1, 0.15) is 17.4 Å². The fraction of sp³-hybridized carbons (Fsp3) is 0.250. The highest BCUT2D eigenvalue weighted by molar-refractivity contribution is 7.75. The Kier molecular flexibility index (Phi) is 5.66. The summed E-state index contributed by atoms with van der Waals surface area (Å²) in [6.45, 7) is 0.947. The van der Waals surface area contributed by atoms with Gasteiger partial charge in [-0.3, -0.25) is 23.2 Å². The lowest BCUT2D eigenvalue weighted by Crippen LogP contribution is -2.37. The molecular weight excluding hydrogens is 431 g/mol. The number of halogens is 1. The number of hydrogen-bond acceptors (Lipinski definition) is 8. The number of carbonyl (C=O) groups is 1. The van der Waals surface area contributed by atoms with E-state index in [0.717, 1.165) is 18.8 Å². The molecule has 1 aliphatic heterocycles. The van der Waals surface area contributed by atoms with Crippen LogP contribution in [0.4, 0.5) is 9.18 Å². The van der Waals surface area contributed by atoms with Crippen molar-refractivity contribution in [3.05, 3.63) is 59.7 Å². The molecule has 4 atom stereocenters. The molecule has 2 heterocycles. The largest absolute Gasteiger partial charge is 0.511 e. The van der Waals surface area contributed by atoms with E-state index in [0.29, 0.717) is 11.6 Å². The number of nitrogens with zero attached hydrogens (tertiary/aromatic N) is 1. The van der Waals surface area contributed by atoms with E-state index in [1.54, 1.807) is 0 Å². The van der Waals surface area contributed by atoms with Gasteiger partial charge in [0, 0.05) is 31.5 Å². The van der Waals surface area contributed by atoms with E-state index < -0.39 is 50.5 Å². The van der Waals surface area contributed by atoms with Crippen molar-refractivity contribution in [1.29, 1.82) is 0 Å². The third kappa shape index (κ3) is 4.11. The van der Waals surface area contributed by atoms with Crippen molar-refractivity contribution in [2.45, 2.75) is 17.8 Å². The van der Waals surface area contributed by atoms with E-state index in [9.17, 15) is 28.3 Å². The Morgan fingerprint density at radius 3 is 2.66 bits per heavy atom. The normalized spacial score (nSPS) is 31.9. The lowest BCUT2D eigenvalue weighted by Gasteiger charge is -2.43. The monoisotopic (exact) mass is 447 g/mol. The molecule has 10 nitrogen and oxygen atoms in total. The summed E-state index contributed by atoms with van der Waals surface area (Å²) in [6, 6.07) is 5.59. The average Bonchev–Trinajstić information content (AvgIpc) is 2.60. The van der Waals surface area contributed by atoms with Gasteiger partial charge in [0.05, 0.1) is 5.56 Å². The van der Waals surface area contributed by atoms with Crippen LogP contribution in [0.15, 0.2) is 42.7 Å².